The lowest BCUT2D eigenvalue weighted by Crippen LogP contribution is -2.38. The first-order chi connectivity index (χ1) is 13.5. The average molecular weight is 425 g/mol. The van der Waals surface area contributed by atoms with Crippen LogP contribution in [0, 0.1) is 0 Å². The Bertz CT molecular complexity index is 811. The van der Waals surface area contributed by atoms with Crippen molar-refractivity contribution in [1.29, 1.82) is 0 Å². The average Bonchev–Trinajstić information content (AvgIpc) is 3.03. The van der Waals surface area contributed by atoms with Crippen LogP contribution < -0.4 is 5.73 Å². The minimum atomic E-state index is -1.65. The number of carbonyl (C=O) groups excluding carboxylic acids is 2. The third-order valence-corrected chi connectivity index (χ3v) is 5.14. The largest absolute Gasteiger partial charge is 0.478 e. The summed E-state index contributed by atoms with van der Waals surface area (Å²) in [5.41, 5.74) is 3.96. The number of carboxylic acid groups (broad SMARTS) is 1. The quantitative estimate of drug-likeness (QED) is 0.301. The van der Waals surface area contributed by atoms with Gasteiger partial charge in [0.05, 0.1) is 0 Å². The van der Waals surface area contributed by atoms with E-state index < -0.39 is 30.3 Å². The molecule has 2 atom stereocenters. The van der Waals surface area contributed by atoms with Crippen LogP contribution in [0.3, 0.4) is 0 Å². The van der Waals surface area contributed by atoms with Crippen molar-refractivity contribution in [2.45, 2.75) is 64.0 Å². The molecule has 1 aliphatic heterocycles. The van der Waals surface area contributed by atoms with Gasteiger partial charge in [0.1, 0.15) is 11.5 Å². The number of hydrogen-bond acceptors (Lipinski definition) is 10. The molecule has 0 radical (unpaired) electrons. The predicted molar refractivity (Wildman–Crippen MR) is 107 cm³/mol. The molecule has 0 amide bonds. The monoisotopic (exact) mass is 425 g/mol. The predicted octanol–water partition coefficient (Wildman–Crippen LogP) is 1.28. The van der Waals surface area contributed by atoms with Gasteiger partial charge in [-0.3, -0.25) is 9.59 Å². The van der Waals surface area contributed by atoms with Gasteiger partial charge < -0.3 is 25.4 Å². The van der Waals surface area contributed by atoms with E-state index in [-0.39, 0.29) is 41.3 Å². The van der Waals surface area contributed by atoms with Gasteiger partial charge in [0, 0.05) is 30.1 Å². The number of thiazole rings is 1. The fourth-order valence-electron chi connectivity index (χ4n) is 2.76. The van der Waals surface area contributed by atoms with E-state index in [9.17, 15) is 19.4 Å². The van der Waals surface area contributed by atoms with Crippen LogP contribution in [0.25, 0.3) is 0 Å². The molecular formula is C17H24BN3O7S. The molecule has 1 fully saturated rings. The first kappa shape index (κ1) is 23.0. The van der Waals surface area contributed by atoms with Crippen molar-refractivity contribution in [2.75, 3.05) is 5.73 Å². The molecule has 0 aliphatic carbocycles. The maximum Gasteiger partial charge on any atom is 0.458 e. The number of nitrogens with two attached hydrogens (primary N) is 1. The van der Waals surface area contributed by atoms with Gasteiger partial charge in [0.2, 0.25) is 5.60 Å². The van der Waals surface area contributed by atoms with E-state index >= 15 is 0 Å². The lowest BCUT2D eigenvalue weighted by Gasteiger charge is -2.30. The first-order valence-corrected chi connectivity index (χ1v) is 9.94. The summed E-state index contributed by atoms with van der Waals surface area (Å²) < 4.78 is 5.45. The lowest BCUT2D eigenvalue weighted by molar-refractivity contribution is -0.161. The number of rotatable bonds is 9. The molecule has 1 saturated heterocycles. The molecule has 158 valence electrons. The Labute approximate surface area is 172 Å². The molecule has 1 aromatic rings. The van der Waals surface area contributed by atoms with E-state index in [4.69, 9.17) is 20.3 Å². The van der Waals surface area contributed by atoms with E-state index in [0.29, 0.717) is 12.8 Å². The Morgan fingerprint density at radius 3 is 2.62 bits per heavy atom. The fourth-order valence-corrected chi connectivity index (χ4v) is 3.31. The van der Waals surface area contributed by atoms with E-state index in [1.165, 1.54) is 26.2 Å². The van der Waals surface area contributed by atoms with Crippen LogP contribution in [0.5, 0.6) is 0 Å². The van der Waals surface area contributed by atoms with Gasteiger partial charge in [-0.15, -0.1) is 11.3 Å². The Hall–Kier alpha value is -2.31. The minimum absolute atomic E-state index is 0.0366. The van der Waals surface area contributed by atoms with Crippen molar-refractivity contribution < 1.29 is 34.0 Å². The van der Waals surface area contributed by atoms with Gasteiger partial charge in [-0.25, -0.2) is 9.78 Å². The summed E-state index contributed by atoms with van der Waals surface area (Å²) in [5, 5.41) is 24.9. The molecule has 0 saturated carbocycles. The highest BCUT2D eigenvalue weighted by Gasteiger charge is 2.38. The van der Waals surface area contributed by atoms with Crippen LogP contribution >= 0.6 is 11.3 Å². The number of Topliss-reactive ketones (excluding diaryl/α,β-unsaturated/α-hetero) is 2. The molecule has 10 nitrogen and oxygen atoms in total. The number of oxime groups is 1. The second kappa shape index (κ2) is 9.46. The highest BCUT2D eigenvalue weighted by molar-refractivity contribution is 7.13. The third-order valence-electron chi connectivity index (χ3n) is 4.47. The summed E-state index contributed by atoms with van der Waals surface area (Å²) >= 11 is 1.10. The molecule has 12 heteroatoms. The van der Waals surface area contributed by atoms with Crippen LogP contribution in [0.2, 0.25) is 5.82 Å². The minimum Gasteiger partial charge on any atom is -0.478 e. The third kappa shape index (κ3) is 6.34. The molecule has 2 rings (SSSR count). The zero-order valence-electron chi connectivity index (χ0n) is 16.5. The molecule has 2 heterocycles. The van der Waals surface area contributed by atoms with Crippen LogP contribution in [-0.4, -0.2) is 57.2 Å². The number of carboxylic acids is 1. The van der Waals surface area contributed by atoms with E-state index in [1.54, 1.807) is 0 Å². The van der Waals surface area contributed by atoms with E-state index in [0.717, 1.165) is 11.3 Å². The number of aromatic nitrogens is 1. The number of aliphatic carboxylic acids is 1. The van der Waals surface area contributed by atoms with Crippen LogP contribution in [0.15, 0.2) is 10.5 Å². The van der Waals surface area contributed by atoms with Crippen LogP contribution in [-0.2, 0) is 23.9 Å². The topological polar surface area (TPSA) is 161 Å². The van der Waals surface area contributed by atoms with Gasteiger partial charge in [0.15, 0.2) is 16.6 Å². The highest BCUT2D eigenvalue weighted by Crippen LogP contribution is 2.31. The summed E-state index contributed by atoms with van der Waals surface area (Å²) in [7, 11) is -1.20. The van der Waals surface area contributed by atoms with Crippen LogP contribution in [0.1, 0.15) is 52.1 Å². The van der Waals surface area contributed by atoms with Crippen molar-refractivity contribution in [1.82, 2.24) is 4.98 Å². The molecule has 29 heavy (non-hydrogen) atoms. The lowest BCUT2D eigenvalue weighted by atomic mass is 9.64. The van der Waals surface area contributed by atoms with Gasteiger partial charge in [-0.05, 0) is 33.6 Å². The maximum atomic E-state index is 12.9. The second-order valence-electron chi connectivity index (χ2n) is 7.44. The van der Waals surface area contributed by atoms with E-state index in [2.05, 4.69) is 10.1 Å². The Balaban J connectivity index is 2.14. The van der Waals surface area contributed by atoms with Crippen molar-refractivity contribution in [3.8, 4) is 0 Å². The summed E-state index contributed by atoms with van der Waals surface area (Å²) in [6.45, 7) is 4.04. The van der Waals surface area contributed by atoms with Crippen molar-refractivity contribution in [3.05, 3.63) is 11.1 Å². The van der Waals surface area contributed by atoms with E-state index in [1.807, 2.05) is 0 Å². The standard InChI is InChI=1S/C17H24BN3O7S/c1-9(22)6-11-5-4-10(18(26)27-11)7-13(23)14(12-8-29-16(19)20-12)21-28-17(2,3)15(24)25/h8,10-11,26H,4-7H2,1-3H3,(H2,19,20)(H,24,25)/b21-14-/t10-,11+/m1/s1. The molecule has 1 aliphatic rings. The molecule has 0 spiro atoms. The summed E-state index contributed by atoms with van der Waals surface area (Å²) in [6.07, 6.45) is 0.744. The number of nitrogen functional groups attached to an aromatic ring is 1. The molecule has 1 aromatic heterocycles. The summed E-state index contributed by atoms with van der Waals surface area (Å²) in [5.74, 6) is -2.28. The van der Waals surface area contributed by atoms with Crippen molar-refractivity contribution in [3.63, 3.8) is 0 Å². The highest BCUT2D eigenvalue weighted by atomic mass is 32.1. The Kier molecular flexibility index (Phi) is 7.50. The maximum absolute atomic E-state index is 12.9. The number of ketones is 2. The summed E-state index contributed by atoms with van der Waals surface area (Å²) in [6, 6.07) is 0. The number of nitrogens with zero attached hydrogens (tertiary/aromatic N) is 2. The number of carbonyl (C=O) groups is 3. The SMILES string of the molecule is CC(=O)C[C@@H]1CC[C@H](CC(=O)/C(=N\OC(C)(C)C(=O)O)c2csc(N)n2)B(O)O1. The van der Waals surface area contributed by atoms with Gasteiger partial charge in [0.25, 0.3) is 0 Å². The Morgan fingerprint density at radius 2 is 2.10 bits per heavy atom. The molecule has 0 aromatic carbocycles. The second-order valence-corrected chi connectivity index (χ2v) is 8.33. The smallest absolute Gasteiger partial charge is 0.458 e. The van der Waals surface area contributed by atoms with Crippen LogP contribution in [0.4, 0.5) is 5.13 Å². The molecule has 0 bridgehead atoms. The summed E-state index contributed by atoms with van der Waals surface area (Å²) in [4.78, 5) is 44.4. The molecular weight excluding hydrogens is 401 g/mol. The number of anilines is 1. The zero-order chi connectivity index (χ0) is 21.8. The normalized spacial score (nSPS) is 20.4. The zero-order valence-corrected chi connectivity index (χ0v) is 17.3. The van der Waals surface area contributed by atoms with Gasteiger partial charge in [-0.2, -0.15) is 0 Å². The first-order valence-electron chi connectivity index (χ1n) is 9.06. The van der Waals surface area contributed by atoms with Crippen molar-refractivity contribution >= 4 is 46.8 Å². The molecule has 4 N–H and O–H groups in total. The van der Waals surface area contributed by atoms with Gasteiger partial charge >= 0.3 is 13.1 Å². The number of hydrogen-bond donors (Lipinski definition) is 3. The fraction of sp³-hybridized carbons (Fsp3) is 0.588. The molecule has 0 unspecified atom stereocenters. The van der Waals surface area contributed by atoms with Gasteiger partial charge in [-0.1, -0.05) is 5.16 Å². The van der Waals surface area contributed by atoms with Crippen molar-refractivity contribution in [2.24, 2.45) is 5.16 Å². The Morgan fingerprint density at radius 1 is 1.41 bits per heavy atom.